The molecule has 4 heteroatoms. The zero-order chi connectivity index (χ0) is 20.0. The fourth-order valence-electron chi connectivity index (χ4n) is 3.58. The smallest absolute Gasteiger partial charge is 0.0261 e. The zero-order valence-electron chi connectivity index (χ0n) is 18.3. The van der Waals surface area contributed by atoms with Crippen LogP contribution in [0, 0.1) is 0 Å². The van der Waals surface area contributed by atoms with Crippen LogP contribution in [0.3, 0.4) is 0 Å². The molecular formula is C20H44ClIrP2. The molecule has 0 aliphatic rings. The maximum Gasteiger partial charge on any atom is -0.0261 e. The average molecular weight is 574 g/mol. The summed E-state index contributed by atoms with van der Waals surface area (Å²) >= 11 is -0.375. The van der Waals surface area contributed by atoms with Crippen LogP contribution in [0.2, 0.25) is 0 Å². The normalized spacial score (nSPS) is 11.5. The Morgan fingerprint density at radius 1 is 0.583 bits per heavy atom. The standard InChI is InChI=1S/2C9H21P.C2H2.ClH.Ir/c2*1-7(2)10(8(3)4)9(5)6;1-2;;/h2*7-9H,1-6H3;1H2;1H;/q;;;;+1/p-1. The van der Waals surface area contributed by atoms with Gasteiger partial charge >= 0.3 is 36.6 Å². The predicted octanol–water partition coefficient (Wildman–Crippen LogP) is 8.20. The van der Waals surface area contributed by atoms with Gasteiger partial charge in [-0.05, 0) is 34.0 Å². The van der Waals surface area contributed by atoms with E-state index in [9.17, 15) is 0 Å². The Morgan fingerprint density at radius 2 is 0.708 bits per heavy atom. The summed E-state index contributed by atoms with van der Waals surface area (Å²) in [5, 5.41) is 0. The quantitative estimate of drug-likeness (QED) is 0.281. The second kappa shape index (κ2) is 17.8. The molecule has 0 heterocycles. The van der Waals surface area contributed by atoms with Crippen molar-refractivity contribution >= 4 is 29.6 Å². The van der Waals surface area contributed by atoms with E-state index in [1.807, 2.05) is 0 Å². The van der Waals surface area contributed by atoms with Gasteiger partial charge in [-0.3, -0.25) is 0 Å². The molecule has 0 aromatic rings. The first kappa shape index (κ1) is 30.2. The Kier molecular flexibility index (Phi) is 22.4. The number of halogens is 1. The van der Waals surface area contributed by atoms with Crippen LogP contribution in [0.4, 0.5) is 0 Å². The van der Waals surface area contributed by atoms with Crippen molar-refractivity contribution in [1.82, 2.24) is 0 Å². The molecule has 0 spiro atoms. The van der Waals surface area contributed by atoms with Crippen LogP contribution in [0.5, 0.6) is 0 Å². The van der Waals surface area contributed by atoms with E-state index in [0.29, 0.717) is 0 Å². The Hall–Kier alpha value is 1.45. The fraction of sp³-hybridized carbons (Fsp3) is 0.900. The first-order valence-corrected chi connectivity index (χ1v) is 16.4. The third-order valence-electron chi connectivity index (χ3n) is 3.62. The minimum atomic E-state index is -0.375. The summed E-state index contributed by atoms with van der Waals surface area (Å²) in [6.07, 6.45) is 0. The van der Waals surface area contributed by atoms with Crippen molar-refractivity contribution in [3.8, 4) is 0 Å². The molecule has 0 N–H and O–H groups in total. The molecule has 0 saturated carbocycles. The van der Waals surface area contributed by atoms with Crippen molar-refractivity contribution in [3.05, 3.63) is 6.58 Å². The van der Waals surface area contributed by atoms with E-state index >= 15 is 0 Å². The van der Waals surface area contributed by atoms with Crippen LogP contribution < -0.4 is 0 Å². The third-order valence-corrected chi connectivity index (χ3v) is 11.8. The van der Waals surface area contributed by atoms with Crippen LogP contribution in [-0.2, 0) is 16.2 Å². The molecule has 0 fully saturated rings. The minimum absolute atomic E-state index is 0.262. The van der Waals surface area contributed by atoms with Crippen LogP contribution >= 0.6 is 25.4 Å². The Bertz CT molecular complexity index is 258. The Labute approximate surface area is 169 Å². The van der Waals surface area contributed by atoms with E-state index < -0.39 is 0 Å². The zero-order valence-corrected chi connectivity index (χ0v) is 23.2. The second-order valence-corrected chi connectivity index (χ2v) is 18.0. The van der Waals surface area contributed by atoms with Crippen molar-refractivity contribution in [2.24, 2.45) is 0 Å². The largest absolute Gasteiger partial charge is 0.0988 e. The molecule has 0 nitrogen and oxygen atoms in total. The summed E-state index contributed by atoms with van der Waals surface area (Å²) in [6, 6.07) is 0. The minimum Gasteiger partial charge on any atom is -0.0988 e. The van der Waals surface area contributed by atoms with E-state index in [2.05, 4.69) is 93.8 Å². The summed E-state index contributed by atoms with van der Waals surface area (Å²) in [4.78, 5) is 0. The predicted molar refractivity (Wildman–Crippen MR) is 121 cm³/mol. The monoisotopic (exact) mass is 574 g/mol. The summed E-state index contributed by atoms with van der Waals surface area (Å²) < 4.78 is 2.57. The molecule has 0 aromatic carbocycles. The number of hydrogen-bond donors (Lipinski definition) is 0. The summed E-state index contributed by atoms with van der Waals surface area (Å²) in [6.45, 7) is 31.5. The van der Waals surface area contributed by atoms with Gasteiger partial charge in [0.05, 0.1) is 0 Å². The van der Waals surface area contributed by atoms with Gasteiger partial charge in [-0.2, -0.15) is 0 Å². The Balaban J connectivity index is -0.000000301. The maximum atomic E-state index is 5.14. The first-order chi connectivity index (χ1) is 10.8. The Morgan fingerprint density at radius 3 is 0.708 bits per heavy atom. The summed E-state index contributed by atoms with van der Waals surface area (Å²) in [5.74, 6) is 0. The van der Waals surface area contributed by atoms with Gasteiger partial charge in [-0.15, -0.1) is 0 Å². The van der Waals surface area contributed by atoms with Crippen LogP contribution in [-0.4, -0.2) is 38.1 Å². The molecule has 0 unspecified atom stereocenters. The van der Waals surface area contributed by atoms with Crippen molar-refractivity contribution in [1.29, 1.82) is 0 Å². The summed E-state index contributed by atoms with van der Waals surface area (Å²) in [7, 11) is 5.66. The molecule has 0 amide bonds. The van der Waals surface area contributed by atoms with Gasteiger partial charge in [0.2, 0.25) is 0 Å². The van der Waals surface area contributed by atoms with Crippen LogP contribution in [0.15, 0.2) is 6.58 Å². The molecule has 0 aliphatic carbocycles. The molecule has 0 rings (SSSR count). The fourth-order valence-corrected chi connectivity index (χ4v) is 10.7. The van der Waals surface area contributed by atoms with Gasteiger partial charge < -0.3 is 0 Å². The van der Waals surface area contributed by atoms with Gasteiger partial charge in [0.15, 0.2) is 0 Å². The van der Waals surface area contributed by atoms with Crippen LogP contribution in [0.25, 0.3) is 0 Å². The average Bonchev–Trinajstić information content (AvgIpc) is 2.36. The number of hydrogen-bond acceptors (Lipinski definition) is 0. The van der Waals surface area contributed by atoms with Crippen molar-refractivity contribution < 1.29 is 16.2 Å². The third kappa shape index (κ3) is 16.9. The van der Waals surface area contributed by atoms with E-state index in [-0.39, 0.29) is 32.1 Å². The SMILES string of the molecule is C=[C]=[Ir][Cl].CC(C)P(C(C)C)C(C)C.CC(C)P(C(C)C)C(C)C. The number of rotatable bonds is 6. The topological polar surface area (TPSA) is 0 Å². The molecule has 150 valence electrons. The summed E-state index contributed by atoms with van der Waals surface area (Å²) in [5.41, 5.74) is 5.39. The molecule has 0 radical (unpaired) electrons. The van der Waals surface area contributed by atoms with Gasteiger partial charge in [0, 0.05) is 0 Å². The van der Waals surface area contributed by atoms with E-state index in [1.54, 1.807) is 0 Å². The van der Waals surface area contributed by atoms with Crippen molar-refractivity contribution in [2.75, 3.05) is 0 Å². The molecular weight excluding hydrogens is 530 g/mol. The molecule has 0 aromatic heterocycles. The maximum absolute atomic E-state index is 5.14. The molecule has 0 atom stereocenters. The van der Waals surface area contributed by atoms with Gasteiger partial charge in [0.1, 0.15) is 0 Å². The molecule has 0 saturated heterocycles. The van der Waals surface area contributed by atoms with E-state index in [0.717, 1.165) is 34.0 Å². The van der Waals surface area contributed by atoms with Crippen molar-refractivity contribution in [2.45, 2.75) is 117 Å². The molecule has 0 bridgehead atoms. The van der Waals surface area contributed by atoms with E-state index in [4.69, 9.17) is 9.58 Å². The van der Waals surface area contributed by atoms with Gasteiger partial charge in [-0.1, -0.05) is 98.9 Å². The van der Waals surface area contributed by atoms with Gasteiger partial charge in [0.25, 0.3) is 0 Å². The second-order valence-electron chi connectivity index (χ2n) is 7.64. The van der Waals surface area contributed by atoms with Crippen LogP contribution in [0.1, 0.15) is 83.1 Å². The first-order valence-electron chi connectivity index (χ1n) is 9.12. The van der Waals surface area contributed by atoms with Crippen molar-refractivity contribution in [3.63, 3.8) is 0 Å². The van der Waals surface area contributed by atoms with Gasteiger partial charge in [-0.25, -0.2) is 0 Å². The molecule has 0 aliphatic heterocycles. The van der Waals surface area contributed by atoms with E-state index in [1.165, 1.54) is 0 Å². The molecule has 24 heavy (non-hydrogen) atoms.